The van der Waals surface area contributed by atoms with Gasteiger partial charge in [-0.2, -0.15) is 0 Å². The molecule has 0 saturated carbocycles. The first-order chi connectivity index (χ1) is 12.5. The molecule has 0 bridgehead atoms. The van der Waals surface area contributed by atoms with E-state index in [0.717, 1.165) is 5.56 Å². The summed E-state index contributed by atoms with van der Waals surface area (Å²) in [7, 11) is 1.52. The van der Waals surface area contributed by atoms with E-state index in [-0.39, 0.29) is 13.0 Å². The minimum Gasteiger partial charge on any atom is -0.495 e. The molecule has 0 spiro atoms. The molecule has 0 saturated heterocycles. The van der Waals surface area contributed by atoms with E-state index >= 15 is 0 Å². The maximum absolute atomic E-state index is 12.2. The molecule has 1 N–H and O–H groups in total. The molecule has 0 heterocycles. The second-order valence-electron chi connectivity index (χ2n) is 5.73. The summed E-state index contributed by atoms with van der Waals surface area (Å²) >= 11 is 0. The van der Waals surface area contributed by atoms with Gasteiger partial charge in [-0.15, -0.1) is 0 Å². The van der Waals surface area contributed by atoms with Gasteiger partial charge in [0.05, 0.1) is 25.8 Å². The van der Waals surface area contributed by atoms with Gasteiger partial charge in [-0.05, 0) is 38.1 Å². The zero-order chi connectivity index (χ0) is 18.9. The number of aryl methyl sites for hydroxylation is 1. The molecule has 2 aromatic carbocycles. The van der Waals surface area contributed by atoms with Gasteiger partial charge in [0, 0.05) is 0 Å². The average Bonchev–Trinajstić information content (AvgIpc) is 2.63. The van der Waals surface area contributed by atoms with Crippen LogP contribution in [0.4, 0.5) is 5.69 Å². The molecule has 1 amide bonds. The fourth-order valence-corrected chi connectivity index (χ4v) is 2.18. The Morgan fingerprint density at radius 3 is 2.46 bits per heavy atom. The number of anilines is 1. The van der Waals surface area contributed by atoms with Gasteiger partial charge in [0.2, 0.25) is 0 Å². The predicted octanol–water partition coefficient (Wildman–Crippen LogP) is 3.34. The van der Waals surface area contributed by atoms with Gasteiger partial charge < -0.3 is 19.5 Å². The summed E-state index contributed by atoms with van der Waals surface area (Å²) in [5, 5.41) is 2.68. The number of methoxy groups -OCH3 is 1. The van der Waals surface area contributed by atoms with Crippen LogP contribution in [0.3, 0.4) is 0 Å². The van der Waals surface area contributed by atoms with Crippen LogP contribution in [0.25, 0.3) is 0 Å². The van der Waals surface area contributed by atoms with E-state index in [2.05, 4.69) is 5.32 Å². The summed E-state index contributed by atoms with van der Waals surface area (Å²) in [5.74, 6) is 0.290. The van der Waals surface area contributed by atoms with Crippen molar-refractivity contribution >= 4 is 17.6 Å². The summed E-state index contributed by atoms with van der Waals surface area (Å²) in [6.07, 6.45) is -0.869. The van der Waals surface area contributed by atoms with Crippen LogP contribution in [-0.2, 0) is 14.3 Å². The molecule has 0 aliphatic rings. The van der Waals surface area contributed by atoms with E-state index in [9.17, 15) is 9.59 Å². The SMILES string of the molecule is COc1ccccc1NC(=O)[C@H](C)OC(=O)CCOc1ccc(C)cc1. The molecular formula is C20H23NO5. The van der Waals surface area contributed by atoms with Crippen molar-refractivity contribution in [2.45, 2.75) is 26.4 Å². The molecular weight excluding hydrogens is 334 g/mol. The lowest BCUT2D eigenvalue weighted by Gasteiger charge is -2.15. The number of amides is 1. The molecule has 0 aromatic heterocycles. The monoisotopic (exact) mass is 357 g/mol. The first-order valence-electron chi connectivity index (χ1n) is 8.32. The topological polar surface area (TPSA) is 73.9 Å². The molecule has 26 heavy (non-hydrogen) atoms. The predicted molar refractivity (Wildman–Crippen MR) is 98.5 cm³/mol. The highest BCUT2D eigenvalue weighted by atomic mass is 16.5. The quantitative estimate of drug-likeness (QED) is 0.734. The van der Waals surface area contributed by atoms with Gasteiger partial charge in [-0.3, -0.25) is 9.59 Å². The third-order valence-corrected chi connectivity index (χ3v) is 3.64. The van der Waals surface area contributed by atoms with Crippen LogP contribution < -0.4 is 14.8 Å². The van der Waals surface area contributed by atoms with Crippen molar-refractivity contribution in [2.75, 3.05) is 19.0 Å². The molecule has 0 aliphatic heterocycles. The number of esters is 1. The number of hydrogen-bond donors (Lipinski definition) is 1. The van der Waals surface area contributed by atoms with Crippen molar-refractivity contribution in [1.29, 1.82) is 0 Å². The molecule has 6 heteroatoms. The molecule has 0 aliphatic carbocycles. The van der Waals surface area contributed by atoms with E-state index in [0.29, 0.717) is 17.2 Å². The largest absolute Gasteiger partial charge is 0.495 e. The lowest BCUT2D eigenvalue weighted by atomic mass is 10.2. The molecule has 0 radical (unpaired) electrons. The van der Waals surface area contributed by atoms with Crippen LogP contribution in [-0.4, -0.2) is 31.7 Å². The Morgan fingerprint density at radius 2 is 1.77 bits per heavy atom. The Kier molecular flexibility index (Phi) is 7.02. The van der Waals surface area contributed by atoms with Crippen molar-refractivity contribution in [3.8, 4) is 11.5 Å². The third kappa shape index (κ3) is 5.81. The maximum Gasteiger partial charge on any atom is 0.310 e. The fraction of sp³-hybridized carbons (Fsp3) is 0.300. The number of hydrogen-bond acceptors (Lipinski definition) is 5. The first-order valence-corrected chi connectivity index (χ1v) is 8.32. The lowest BCUT2D eigenvalue weighted by Crippen LogP contribution is -2.30. The minimum absolute atomic E-state index is 0.0557. The minimum atomic E-state index is -0.924. The van der Waals surface area contributed by atoms with Gasteiger partial charge in [0.25, 0.3) is 5.91 Å². The van der Waals surface area contributed by atoms with Crippen LogP contribution in [0.2, 0.25) is 0 Å². The molecule has 1 atom stereocenters. The van der Waals surface area contributed by atoms with Gasteiger partial charge in [-0.25, -0.2) is 0 Å². The molecule has 6 nitrogen and oxygen atoms in total. The Hall–Kier alpha value is -3.02. The number of ether oxygens (including phenoxy) is 3. The zero-order valence-corrected chi connectivity index (χ0v) is 15.2. The fourth-order valence-electron chi connectivity index (χ4n) is 2.18. The first kappa shape index (κ1) is 19.3. The summed E-state index contributed by atoms with van der Waals surface area (Å²) in [6, 6.07) is 14.5. The lowest BCUT2D eigenvalue weighted by molar-refractivity contribution is -0.153. The van der Waals surface area contributed by atoms with E-state index in [1.54, 1.807) is 24.3 Å². The second-order valence-corrected chi connectivity index (χ2v) is 5.73. The van der Waals surface area contributed by atoms with Crippen LogP contribution >= 0.6 is 0 Å². The molecule has 0 fully saturated rings. The van der Waals surface area contributed by atoms with Crippen LogP contribution in [0, 0.1) is 6.92 Å². The molecule has 2 rings (SSSR count). The van der Waals surface area contributed by atoms with E-state index < -0.39 is 18.0 Å². The number of nitrogens with one attached hydrogen (secondary N) is 1. The van der Waals surface area contributed by atoms with Crippen molar-refractivity contribution in [3.63, 3.8) is 0 Å². The highest BCUT2D eigenvalue weighted by Gasteiger charge is 2.19. The van der Waals surface area contributed by atoms with Gasteiger partial charge >= 0.3 is 5.97 Å². The van der Waals surface area contributed by atoms with Crippen molar-refractivity contribution in [1.82, 2.24) is 0 Å². The number of carbonyl (C=O) groups is 2. The molecule has 138 valence electrons. The van der Waals surface area contributed by atoms with Crippen LogP contribution in [0.5, 0.6) is 11.5 Å². The Morgan fingerprint density at radius 1 is 1.08 bits per heavy atom. The van der Waals surface area contributed by atoms with Crippen molar-refractivity contribution in [3.05, 3.63) is 54.1 Å². The summed E-state index contributed by atoms with van der Waals surface area (Å²) in [6.45, 7) is 3.69. The van der Waals surface area contributed by atoms with Gasteiger partial charge in [-0.1, -0.05) is 29.8 Å². The average molecular weight is 357 g/mol. The van der Waals surface area contributed by atoms with Gasteiger partial charge in [0.1, 0.15) is 11.5 Å². The van der Waals surface area contributed by atoms with Crippen LogP contribution in [0.15, 0.2) is 48.5 Å². The van der Waals surface area contributed by atoms with Crippen LogP contribution in [0.1, 0.15) is 18.9 Å². The van der Waals surface area contributed by atoms with Crippen molar-refractivity contribution in [2.24, 2.45) is 0 Å². The van der Waals surface area contributed by atoms with E-state index in [1.807, 2.05) is 31.2 Å². The Labute approximate surface area is 153 Å². The number of carbonyl (C=O) groups excluding carboxylic acids is 2. The van der Waals surface area contributed by atoms with E-state index in [1.165, 1.54) is 14.0 Å². The number of rotatable bonds is 8. The zero-order valence-electron chi connectivity index (χ0n) is 15.2. The van der Waals surface area contributed by atoms with E-state index in [4.69, 9.17) is 14.2 Å². The normalized spacial score (nSPS) is 11.3. The molecule has 0 unspecified atom stereocenters. The maximum atomic E-state index is 12.2. The standard InChI is InChI=1S/C20H23NO5/c1-14-8-10-16(11-9-14)25-13-12-19(22)26-15(2)20(23)21-17-6-4-5-7-18(17)24-3/h4-11,15H,12-13H2,1-3H3,(H,21,23)/t15-/m0/s1. The summed E-state index contributed by atoms with van der Waals surface area (Å²) in [5.41, 5.74) is 1.65. The molecule has 2 aromatic rings. The highest BCUT2D eigenvalue weighted by Crippen LogP contribution is 2.23. The van der Waals surface area contributed by atoms with Gasteiger partial charge in [0.15, 0.2) is 6.10 Å². The smallest absolute Gasteiger partial charge is 0.310 e. The summed E-state index contributed by atoms with van der Waals surface area (Å²) < 4.78 is 15.8. The summed E-state index contributed by atoms with van der Waals surface area (Å²) in [4.78, 5) is 24.0. The number of para-hydroxylation sites is 2. The van der Waals surface area contributed by atoms with Crippen molar-refractivity contribution < 1.29 is 23.8 Å². The Bertz CT molecular complexity index is 742. The second kappa shape index (κ2) is 9.46. The number of benzene rings is 2. The highest BCUT2D eigenvalue weighted by molar-refractivity contribution is 5.96. The third-order valence-electron chi connectivity index (χ3n) is 3.64. The Balaban J connectivity index is 1.76.